The van der Waals surface area contributed by atoms with E-state index >= 15 is 0 Å². The van der Waals surface area contributed by atoms with Crippen molar-refractivity contribution in [3.63, 3.8) is 0 Å². The lowest BCUT2D eigenvalue weighted by Crippen LogP contribution is -2.46. The van der Waals surface area contributed by atoms with Gasteiger partial charge in [-0.25, -0.2) is 4.79 Å². The molecule has 1 amide bonds. The number of likely N-dealkylation sites (tertiary alicyclic amines) is 1. The molecule has 2 aromatic rings. The van der Waals surface area contributed by atoms with Gasteiger partial charge in [-0.15, -0.1) is 0 Å². The molecule has 4 atom stereocenters. The molecule has 4 unspecified atom stereocenters. The lowest BCUT2D eigenvalue weighted by molar-refractivity contribution is -0.137. The van der Waals surface area contributed by atoms with Gasteiger partial charge < -0.3 is 10.1 Å². The van der Waals surface area contributed by atoms with Crippen molar-refractivity contribution in [1.82, 2.24) is 10.2 Å². The molecule has 170 valence electrons. The van der Waals surface area contributed by atoms with Crippen LogP contribution in [0.5, 0.6) is 0 Å². The SMILES string of the molecule is COC(=O)c1ccc(C(C)NC(=O)C2C3CC3CN2Cc2ccc(C(F)(F)F)cc2)cc1. The van der Waals surface area contributed by atoms with Crippen molar-refractivity contribution in [1.29, 1.82) is 0 Å². The number of fused-ring (bicyclic) bond motifs is 1. The minimum Gasteiger partial charge on any atom is -0.465 e. The highest BCUT2D eigenvalue weighted by Crippen LogP contribution is 2.50. The Bertz CT molecular complexity index is 989. The molecule has 2 aromatic carbocycles. The Kier molecular flexibility index (Phi) is 5.99. The zero-order chi connectivity index (χ0) is 23.0. The molecule has 0 radical (unpaired) electrons. The molecule has 0 bridgehead atoms. The molecule has 8 heteroatoms. The van der Waals surface area contributed by atoms with Gasteiger partial charge in [0.25, 0.3) is 0 Å². The van der Waals surface area contributed by atoms with Crippen molar-refractivity contribution in [3.05, 3.63) is 70.8 Å². The van der Waals surface area contributed by atoms with Crippen LogP contribution in [0.2, 0.25) is 0 Å². The van der Waals surface area contributed by atoms with Gasteiger partial charge in [0.05, 0.1) is 30.3 Å². The standard InChI is InChI=1S/C24H25F3N2O3/c1-14(16-5-7-17(8-6-16)23(31)32-2)28-22(30)21-20-11-18(20)13-29(21)12-15-3-9-19(10-4-15)24(25,26)27/h3-10,14,18,20-21H,11-13H2,1-2H3,(H,28,30). The number of hydrogen-bond acceptors (Lipinski definition) is 4. The van der Waals surface area contributed by atoms with E-state index in [0.29, 0.717) is 23.9 Å². The highest BCUT2D eigenvalue weighted by molar-refractivity contribution is 5.89. The van der Waals surface area contributed by atoms with Crippen LogP contribution < -0.4 is 5.32 Å². The molecule has 5 nitrogen and oxygen atoms in total. The van der Waals surface area contributed by atoms with Crippen LogP contribution in [0.4, 0.5) is 13.2 Å². The lowest BCUT2D eigenvalue weighted by atomic mass is 10.0. The highest BCUT2D eigenvalue weighted by Gasteiger charge is 2.55. The molecular formula is C24H25F3N2O3. The fourth-order valence-electron chi connectivity index (χ4n) is 4.52. The summed E-state index contributed by atoms with van der Waals surface area (Å²) in [6, 6.07) is 11.5. The van der Waals surface area contributed by atoms with E-state index in [0.717, 1.165) is 36.2 Å². The van der Waals surface area contributed by atoms with Crippen LogP contribution in [-0.2, 0) is 22.3 Å². The molecule has 1 aliphatic carbocycles. The molecule has 4 rings (SSSR count). The number of ether oxygens (including phenoxy) is 1. The molecule has 1 N–H and O–H groups in total. The van der Waals surface area contributed by atoms with Gasteiger partial charge in [0.1, 0.15) is 0 Å². The molecule has 32 heavy (non-hydrogen) atoms. The number of hydrogen-bond donors (Lipinski definition) is 1. The van der Waals surface area contributed by atoms with Crippen molar-refractivity contribution in [2.75, 3.05) is 13.7 Å². The third-order valence-electron chi connectivity index (χ3n) is 6.37. The molecule has 1 saturated carbocycles. The average Bonchev–Trinajstić information content (AvgIpc) is 3.42. The number of nitrogens with one attached hydrogen (secondary N) is 1. The van der Waals surface area contributed by atoms with Crippen molar-refractivity contribution < 1.29 is 27.5 Å². The first kappa shape index (κ1) is 22.3. The number of rotatable bonds is 6. The smallest absolute Gasteiger partial charge is 0.416 e. The number of piperidine rings is 1. The van der Waals surface area contributed by atoms with Gasteiger partial charge in [-0.05, 0) is 60.6 Å². The Morgan fingerprint density at radius 3 is 2.38 bits per heavy atom. The second kappa shape index (κ2) is 8.58. The highest BCUT2D eigenvalue weighted by atomic mass is 19.4. The third-order valence-corrected chi connectivity index (χ3v) is 6.37. The van der Waals surface area contributed by atoms with Crippen molar-refractivity contribution in [3.8, 4) is 0 Å². The van der Waals surface area contributed by atoms with Gasteiger partial charge >= 0.3 is 12.1 Å². The van der Waals surface area contributed by atoms with Crippen LogP contribution in [0.1, 0.15) is 46.4 Å². The van der Waals surface area contributed by atoms with E-state index in [9.17, 15) is 22.8 Å². The molecule has 0 aromatic heterocycles. The average molecular weight is 446 g/mol. The number of benzene rings is 2. The topological polar surface area (TPSA) is 58.6 Å². The summed E-state index contributed by atoms with van der Waals surface area (Å²) < 4.78 is 43.1. The fourth-order valence-corrected chi connectivity index (χ4v) is 4.52. The summed E-state index contributed by atoms with van der Waals surface area (Å²) in [5.74, 6) is 0.262. The van der Waals surface area contributed by atoms with E-state index in [1.54, 1.807) is 24.3 Å². The monoisotopic (exact) mass is 446 g/mol. The number of carbonyl (C=O) groups excluding carboxylic acids is 2. The van der Waals surface area contributed by atoms with Gasteiger partial charge in [-0.2, -0.15) is 13.2 Å². The van der Waals surface area contributed by atoms with Crippen LogP contribution in [0.15, 0.2) is 48.5 Å². The van der Waals surface area contributed by atoms with Gasteiger partial charge in [-0.3, -0.25) is 9.69 Å². The molecular weight excluding hydrogens is 421 g/mol. The number of alkyl halides is 3. The summed E-state index contributed by atoms with van der Waals surface area (Å²) in [6.45, 7) is 3.09. The van der Waals surface area contributed by atoms with E-state index in [1.165, 1.54) is 19.2 Å². The van der Waals surface area contributed by atoms with Crippen LogP contribution in [0.3, 0.4) is 0 Å². The first-order valence-corrected chi connectivity index (χ1v) is 10.6. The number of halogens is 3. The number of methoxy groups -OCH3 is 1. The molecule has 2 fully saturated rings. The number of esters is 1. The van der Waals surface area contributed by atoms with Crippen LogP contribution in [0.25, 0.3) is 0 Å². The van der Waals surface area contributed by atoms with E-state index in [2.05, 4.69) is 10.2 Å². The van der Waals surface area contributed by atoms with E-state index < -0.39 is 17.7 Å². The largest absolute Gasteiger partial charge is 0.465 e. The zero-order valence-electron chi connectivity index (χ0n) is 17.9. The first-order valence-electron chi connectivity index (χ1n) is 10.6. The first-order chi connectivity index (χ1) is 15.2. The van der Waals surface area contributed by atoms with Gasteiger partial charge in [0, 0.05) is 13.1 Å². The van der Waals surface area contributed by atoms with Gasteiger partial charge in [0.15, 0.2) is 0 Å². The Morgan fingerprint density at radius 1 is 1.12 bits per heavy atom. The maximum Gasteiger partial charge on any atom is 0.416 e. The summed E-state index contributed by atoms with van der Waals surface area (Å²) in [5, 5.41) is 3.06. The number of amides is 1. The van der Waals surface area contributed by atoms with Crippen LogP contribution in [-0.4, -0.2) is 36.5 Å². The van der Waals surface area contributed by atoms with Crippen molar-refractivity contribution >= 4 is 11.9 Å². The minimum atomic E-state index is -4.36. The summed E-state index contributed by atoms with van der Waals surface area (Å²) in [7, 11) is 1.32. The van der Waals surface area contributed by atoms with E-state index in [-0.39, 0.29) is 18.0 Å². The Hall–Kier alpha value is -2.87. The Morgan fingerprint density at radius 2 is 1.78 bits per heavy atom. The quantitative estimate of drug-likeness (QED) is 0.676. The molecule has 0 spiro atoms. The van der Waals surface area contributed by atoms with E-state index in [1.807, 2.05) is 6.92 Å². The molecule has 2 aliphatic rings. The van der Waals surface area contributed by atoms with Crippen molar-refractivity contribution in [2.24, 2.45) is 11.8 Å². The predicted octanol–water partition coefficient (Wildman–Crippen LogP) is 4.19. The Labute approximate surface area is 184 Å². The van der Waals surface area contributed by atoms with Crippen molar-refractivity contribution in [2.45, 2.75) is 38.1 Å². The number of carbonyl (C=O) groups is 2. The second-order valence-corrected chi connectivity index (χ2v) is 8.57. The minimum absolute atomic E-state index is 0.0774. The van der Waals surface area contributed by atoms with Gasteiger partial charge in [0.2, 0.25) is 5.91 Å². The zero-order valence-corrected chi connectivity index (χ0v) is 17.9. The summed E-state index contributed by atoms with van der Waals surface area (Å²) in [5.41, 5.74) is 1.38. The Balaban J connectivity index is 1.40. The summed E-state index contributed by atoms with van der Waals surface area (Å²) >= 11 is 0. The maximum atomic E-state index is 13.1. The number of nitrogens with zero attached hydrogens (tertiary/aromatic N) is 1. The molecule has 1 saturated heterocycles. The normalized spacial score (nSPS) is 23.3. The van der Waals surface area contributed by atoms with E-state index in [4.69, 9.17) is 4.74 Å². The third kappa shape index (κ3) is 4.65. The maximum absolute atomic E-state index is 13.1. The molecule has 1 aliphatic heterocycles. The predicted molar refractivity (Wildman–Crippen MR) is 112 cm³/mol. The summed E-state index contributed by atoms with van der Waals surface area (Å²) in [6.07, 6.45) is -3.36. The second-order valence-electron chi connectivity index (χ2n) is 8.57. The van der Waals surface area contributed by atoms with Gasteiger partial charge in [-0.1, -0.05) is 24.3 Å². The van der Waals surface area contributed by atoms with Crippen LogP contribution in [0, 0.1) is 11.8 Å². The molecule has 1 heterocycles. The van der Waals surface area contributed by atoms with Crippen LogP contribution >= 0.6 is 0 Å². The lowest BCUT2D eigenvalue weighted by Gasteiger charge is -2.28. The fraction of sp³-hybridized carbons (Fsp3) is 0.417. The summed E-state index contributed by atoms with van der Waals surface area (Å²) in [4.78, 5) is 26.7.